The van der Waals surface area contributed by atoms with Gasteiger partial charge in [0.15, 0.2) is 0 Å². The Labute approximate surface area is 208 Å². The number of phenols is 1. The highest BCUT2D eigenvalue weighted by Gasteiger charge is 2.18. The van der Waals surface area contributed by atoms with Crippen molar-refractivity contribution >= 4 is 57.0 Å². The first-order chi connectivity index (χ1) is 16.8. The van der Waals surface area contributed by atoms with Gasteiger partial charge < -0.3 is 20.8 Å². The number of hydrogen-bond donors (Lipinski definition) is 4. The molecular weight excluding hydrogens is 490 g/mol. The zero-order chi connectivity index (χ0) is 24.9. The number of nitrogens with one attached hydrogen (secondary N) is 2. The maximum Gasteiger partial charge on any atom is 0.352 e. The number of rotatable bonds is 7. The minimum atomic E-state index is -1.32. The van der Waals surface area contributed by atoms with Gasteiger partial charge in [-0.3, -0.25) is 9.59 Å². The van der Waals surface area contributed by atoms with Crippen LogP contribution in [0.25, 0.3) is 16.3 Å². The Bertz CT molecular complexity index is 1480. The summed E-state index contributed by atoms with van der Waals surface area (Å²) in [6.07, 6.45) is 1.34. The van der Waals surface area contributed by atoms with E-state index in [9.17, 15) is 24.6 Å². The summed E-state index contributed by atoms with van der Waals surface area (Å²) in [4.78, 5) is 41.1. The number of fused-ring (bicyclic) bond motifs is 1. The van der Waals surface area contributed by atoms with Gasteiger partial charge in [-0.2, -0.15) is 0 Å². The summed E-state index contributed by atoms with van der Waals surface area (Å²) in [6, 6.07) is 15.8. The standard InChI is InChI=1S/C25H18ClN3O5S/c26-19-11-16(23(31)27-12-15-2-1-3-17(30)8-15)5-6-18(19)24(32)29-21(25(33)34)9-14-4-7-20-22(10-14)35-13-28-20/h1-11,13,30H,12H2,(H,27,31)(H,29,32)(H,33,34). The smallest absolute Gasteiger partial charge is 0.352 e. The molecule has 8 nitrogen and oxygen atoms in total. The second-order valence-electron chi connectivity index (χ2n) is 7.44. The number of benzene rings is 3. The van der Waals surface area contributed by atoms with Crippen molar-refractivity contribution in [1.29, 1.82) is 0 Å². The first-order valence-electron chi connectivity index (χ1n) is 10.3. The number of carboxylic acids is 1. The average Bonchev–Trinajstić information content (AvgIpc) is 3.30. The number of aliphatic carboxylic acids is 1. The molecule has 0 aliphatic carbocycles. The SMILES string of the molecule is O=C(O)C(=Cc1ccc2ncsc2c1)NC(=O)c1ccc(C(=O)NCc2cccc(O)c2)cc1Cl. The molecule has 0 aliphatic heterocycles. The number of halogens is 1. The number of aromatic hydroxyl groups is 1. The van der Waals surface area contributed by atoms with Crippen LogP contribution < -0.4 is 10.6 Å². The van der Waals surface area contributed by atoms with E-state index in [0.29, 0.717) is 11.1 Å². The zero-order valence-electron chi connectivity index (χ0n) is 18.0. The molecule has 10 heteroatoms. The van der Waals surface area contributed by atoms with E-state index < -0.39 is 17.8 Å². The number of thiazole rings is 1. The van der Waals surface area contributed by atoms with Crippen LogP contribution in [0.15, 0.2) is 71.9 Å². The summed E-state index contributed by atoms with van der Waals surface area (Å²) >= 11 is 7.66. The maximum atomic E-state index is 12.7. The van der Waals surface area contributed by atoms with Crippen LogP contribution in [-0.4, -0.2) is 33.0 Å². The molecule has 0 radical (unpaired) electrons. The summed E-state index contributed by atoms with van der Waals surface area (Å²) in [5.41, 5.74) is 3.69. The van der Waals surface area contributed by atoms with Crippen molar-refractivity contribution in [2.45, 2.75) is 6.54 Å². The van der Waals surface area contributed by atoms with Crippen molar-refractivity contribution in [1.82, 2.24) is 15.6 Å². The molecule has 35 heavy (non-hydrogen) atoms. The molecule has 4 N–H and O–H groups in total. The minimum Gasteiger partial charge on any atom is -0.508 e. The van der Waals surface area contributed by atoms with Crippen molar-refractivity contribution < 1.29 is 24.6 Å². The Balaban J connectivity index is 1.47. The number of carbonyl (C=O) groups excluding carboxylic acids is 2. The second kappa shape index (κ2) is 10.4. The lowest BCUT2D eigenvalue weighted by molar-refractivity contribution is -0.132. The Hall–Kier alpha value is -4.21. The molecule has 1 aromatic heterocycles. The molecule has 2 amide bonds. The predicted molar refractivity (Wildman–Crippen MR) is 133 cm³/mol. The first kappa shape index (κ1) is 23.9. The first-order valence-corrected chi connectivity index (χ1v) is 11.5. The quantitative estimate of drug-likeness (QED) is 0.274. The van der Waals surface area contributed by atoms with Gasteiger partial charge in [-0.15, -0.1) is 11.3 Å². The van der Waals surface area contributed by atoms with Crippen LogP contribution in [-0.2, 0) is 11.3 Å². The fourth-order valence-corrected chi connectivity index (χ4v) is 4.25. The Morgan fingerprint density at radius 1 is 1.03 bits per heavy atom. The summed E-state index contributed by atoms with van der Waals surface area (Å²) in [6.45, 7) is 0.188. The fraction of sp³-hybridized carbons (Fsp3) is 0.0400. The maximum absolute atomic E-state index is 12.7. The molecule has 4 aromatic rings. The number of amides is 2. The molecule has 176 valence electrons. The number of aromatic nitrogens is 1. The van der Waals surface area contributed by atoms with Gasteiger partial charge in [0.25, 0.3) is 11.8 Å². The number of carbonyl (C=O) groups is 3. The van der Waals surface area contributed by atoms with Gasteiger partial charge >= 0.3 is 5.97 Å². The van der Waals surface area contributed by atoms with Crippen LogP contribution in [0.4, 0.5) is 0 Å². The number of hydrogen-bond acceptors (Lipinski definition) is 6. The third-order valence-corrected chi connectivity index (χ3v) is 6.09. The van der Waals surface area contributed by atoms with Crippen LogP contribution in [0.1, 0.15) is 31.8 Å². The van der Waals surface area contributed by atoms with Crippen LogP contribution >= 0.6 is 22.9 Å². The van der Waals surface area contributed by atoms with Gasteiger partial charge in [0.2, 0.25) is 0 Å². The van der Waals surface area contributed by atoms with E-state index in [2.05, 4.69) is 15.6 Å². The number of nitrogens with zero attached hydrogens (tertiary/aromatic N) is 1. The van der Waals surface area contributed by atoms with Crippen LogP contribution in [0.5, 0.6) is 5.75 Å². The lowest BCUT2D eigenvalue weighted by atomic mass is 10.1. The molecule has 3 aromatic carbocycles. The van der Waals surface area contributed by atoms with Gasteiger partial charge in [0, 0.05) is 12.1 Å². The van der Waals surface area contributed by atoms with E-state index in [1.165, 1.54) is 47.7 Å². The molecule has 0 aliphatic rings. The highest BCUT2D eigenvalue weighted by Crippen LogP contribution is 2.22. The zero-order valence-corrected chi connectivity index (χ0v) is 19.6. The fourth-order valence-electron chi connectivity index (χ4n) is 3.26. The van der Waals surface area contributed by atoms with Gasteiger partial charge in [0.1, 0.15) is 11.4 Å². The lowest BCUT2D eigenvalue weighted by Crippen LogP contribution is -2.28. The molecular formula is C25H18ClN3O5S. The van der Waals surface area contributed by atoms with E-state index in [0.717, 1.165) is 10.2 Å². The molecule has 0 saturated heterocycles. The highest BCUT2D eigenvalue weighted by molar-refractivity contribution is 7.16. The Morgan fingerprint density at radius 2 is 1.86 bits per heavy atom. The monoisotopic (exact) mass is 507 g/mol. The molecule has 1 heterocycles. The normalized spacial score (nSPS) is 11.3. The van der Waals surface area contributed by atoms with Gasteiger partial charge in [-0.05, 0) is 59.7 Å². The summed E-state index contributed by atoms with van der Waals surface area (Å²) in [5.74, 6) is -2.38. The van der Waals surface area contributed by atoms with Gasteiger partial charge in [-0.1, -0.05) is 29.8 Å². The molecule has 4 rings (SSSR count). The molecule has 0 atom stereocenters. The molecule has 0 bridgehead atoms. The van der Waals surface area contributed by atoms with Crippen LogP contribution in [0.3, 0.4) is 0 Å². The number of carboxylic acid groups (broad SMARTS) is 1. The summed E-state index contributed by atoms with van der Waals surface area (Å²) in [5, 5.41) is 24.1. The highest BCUT2D eigenvalue weighted by atomic mass is 35.5. The predicted octanol–water partition coefficient (Wildman–Crippen LogP) is 4.44. The third kappa shape index (κ3) is 5.84. The molecule has 0 saturated carbocycles. The van der Waals surface area contributed by atoms with Crippen molar-refractivity contribution in [3.63, 3.8) is 0 Å². The lowest BCUT2D eigenvalue weighted by Gasteiger charge is -2.10. The van der Waals surface area contributed by atoms with E-state index >= 15 is 0 Å². The van der Waals surface area contributed by atoms with Crippen molar-refractivity contribution in [3.8, 4) is 5.75 Å². The van der Waals surface area contributed by atoms with Crippen molar-refractivity contribution in [2.75, 3.05) is 0 Å². The van der Waals surface area contributed by atoms with E-state index in [1.54, 1.807) is 35.8 Å². The van der Waals surface area contributed by atoms with Gasteiger partial charge in [0.05, 0.1) is 26.3 Å². The second-order valence-corrected chi connectivity index (χ2v) is 8.74. The van der Waals surface area contributed by atoms with E-state index in [-0.39, 0.29) is 34.1 Å². The van der Waals surface area contributed by atoms with E-state index in [1.807, 2.05) is 0 Å². The van der Waals surface area contributed by atoms with Gasteiger partial charge in [-0.25, -0.2) is 9.78 Å². The molecule has 0 spiro atoms. The minimum absolute atomic E-state index is 0.0108. The molecule has 0 fully saturated rings. The Kier molecular flexibility index (Phi) is 7.09. The van der Waals surface area contributed by atoms with Crippen LogP contribution in [0.2, 0.25) is 5.02 Å². The van der Waals surface area contributed by atoms with Crippen molar-refractivity contribution in [3.05, 3.63) is 99.1 Å². The average molecular weight is 508 g/mol. The summed E-state index contributed by atoms with van der Waals surface area (Å²) < 4.78 is 0.885. The van der Waals surface area contributed by atoms with E-state index in [4.69, 9.17) is 11.6 Å². The Morgan fingerprint density at radius 3 is 2.60 bits per heavy atom. The largest absolute Gasteiger partial charge is 0.508 e. The topological polar surface area (TPSA) is 129 Å². The van der Waals surface area contributed by atoms with Crippen LogP contribution in [0, 0.1) is 0 Å². The molecule has 0 unspecified atom stereocenters. The number of phenolic OH excluding ortho intramolecular Hbond substituents is 1. The van der Waals surface area contributed by atoms with Crippen molar-refractivity contribution in [2.24, 2.45) is 0 Å². The third-order valence-electron chi connectivity index (χ3n) is 4.98. The summed E-state index contributed by atoms with van der Waals surface area (Å²) in [7, 11) is 0.